The number of hydrogen-bond acceptors (Lipinski definition) is 3. The van der Waals surface area contributed by atoms with Crippen molar-refractivity contribution in [2.75, 3.05) is 44.2 Å². The second-order valence-corrected chi connectivity index (χ2v) is 7.72. The van der Waals surface area contributed by atoms with Crippen LogP contribution in [-0.4, -0.2) is 50.1 Å². The van der Waals surface area contributed by atoms with Gasteiger partial charge in [-0.1, -0.05) is 45.7 Å². The highest BCUT2D eigenvalue weighted by atomic mass is 79.9. The number of hydrogen-bond donors (Lipinski definition) is 1. The van der Waals surface area contributed by atoms with Crippen LogP contribution >= 0.6 is 27.5 Å². The highest BCUT2D eigenvalue weighted by Crippen LogP contribution is 2.21. The fourth-order valence-corrected chi connectivity index (χ4v) is 3.90. The molecule has 4 nitrogen and oxygen atoms in total. The molecule has 1 aliphatic rings. The Balaban J connectivity index is 1.36. The van der Waals surface area contributed by atoms with Crippen molar-refractivity contribution in [3.63, 3.8) is 0 Å². The first kappa shape index (κ1) is 19.2. The number of carbonyl (C=O) groups is 1. The van der Waals surface area contributed by atoms with Crippen LogP contribution in [0.2, 0.25) is 5.02 Å². The minimum atomic E-state index is -0.114. The van der Waals surface area contributed by atoms with Gasteiger partial charge in [-0.3, -0.25) is 9.69 Å². The Kier molecular flexibility index (Phi) is 6.94. The highest BCUT2D eigenvalue weighted by molar-refractivity contribution is 9.10. The molecule has 0 aliphatic carbocycles. The number of benzene rings is 2. The second kappa shape index (κ2) is 9.40. The lowest BCUT2D eigenvalue weighted by atomic mass is 10.2. The summed E-state index contributed by atoms with van der Waals surface area (Å²) in [5.41, 5.74) is 1.82. The van der Waals surface area contributed by atoms with Gasteiger partial charge in [0.05, 0.1) is 10.6 Å². The van der Waals surface area contributed by atoms with Gasteiger partial charge < -0.3 is 10.2 Å². The van der Waals surface area contributed by atoms with Crippen LogP contribution in [0, 0.1) is 0 Å². The average Bonchev–Trinajstić information content (AvgIpc) is 2.66. The molecule has 138 valence electrons. The van der Waals surface area contributed by atoms with Crippen LogP contribution in [0.3, 0.4) is 0 Å². The summed E-state index contributed by atoms with van der Waals surface area (Å²) in [7, 11) is 0. The number of piperazine rings is 1. The molecule has 0 spiro atoms. The van der Waals surface area contributed by atoms with Crippen molar-refractivity contribution in [3.05, 3.63) is 63.6 Å². The van der Waals surface area contributed by atoms with E-state index >= 15 is 0 Å². The summed E-state index contributed by atoms with van der Waals surface area (Å²) >= 11 is 9.47. The third kappa shape index (κ3) is 5.22. The Morgan fingerprint density at radius 1 is 1.08 bits per heavy atom. The van der Waals surface area contributed by atoms with Gasteiger partial charge in [0.15, 0.2) is 0 Å². The van der Waals surface area contributed by atoms with Gasteiger partial charge in [-0.25, -0.2) is 0 Å². The van der Waals surface area contributed by atoms with Crippen molar-refractivity contribution >= 4 is 39.1 Å². The van der Waals surface area contributed by atoms with E-state index in [2.05, 4.69) is 61.4 Å². The summed E-state index contributed by atoms with van der Waals surface area (Å²) in [6.07, 6.45) is 0.936. The van der Waals surface area contributed by atoms with Gasteiger partial charge in [0, 0.05) is 42.9 Å². The standard InChI is InChI=1S/C20H23BrClN3O/c21-16-7-8-18(19(22)15-16)20(26)23-9-4-10-24-11-13-25(14-12-24)17-5-2-1-3-6-17/h1-3,5-8,15H,4,9-14H2,(H,23,26). The molecule has 1 fully saturated rings. The molecule has 26 heavy (non-hydrogen) atoms. The van der Waals surface area contributed by atoms with E-state index in [1.54, 1.807) is 12.1 Å². The zero-order chi connectivity index (χ0) is 18.4. The van der Waals surface area contributed by atoms with Crippen LogP contribution < -0.4 is 10.2 Å². The lowest BCUT2D eigenvalue weighted by Crippen LogP contribution is -2.47. The molecular formula is C20H23BrClN3O. The summed E-state index contributed by atoms with van der Waals surface area (Å²) in [6.45, 7) is 5.86. The van der Waals surface area contributed by atoms with E-state index in [0.717, 1.165) is 43.6 Å². The van der Waals surface area contributed by atoms with E-state index in [1.165, 1.54) is 5.69 Å². The number of anilines is 1. The molecule has 2 aromatic rings. The Morgan fingerprint density at radius 2 is 1.81 bits per heavy atom. The van der Waals surface area contributed by atoms with E-state index in [9.17, 15) is 4.79 Å². The lowest BCUT2D eigenvalue weighted by molar-refractivity contribution is 0.0951. The third-order valence-corrected chi connectivity index (χ3v) is 5.41. The normalized spacial score (nSPS) is 15.1. The smallest absolute Gasteiger partial charge is 0.252 e. The molecule has 1 saturated heterocycles. The maximum absolute atomic E-state index is 12.2. The monoisotopic (exact) mass is 435 g/mol. The number of nitrogens with one attached hydrogen (secondary N) is 1. The predicted octanol–water partition coefficient (Wildman–Crippen LogP) is 4.04. The molecule has 1 heterocycles. The summed E-state index contributed by atoms with van der Waals surface area (Å²) in [6, 6.07) is 15.9. The molecule has 0 unspecified atom stereocenters. The minimum absolute atomic E-state index is 0.114. The van der Waals surface area contributed by atoms with Crippen LogP contribution in [0.25, 0.3) is 0 Å². The SMILES string of the molecule is O=C(NCCCN1CCN(c2ccccc2)CC1)c1ccc(Br)cc1Cl. The number of rotatable bonds is 6. The largest absolute Gasteiger partial charge is 0.369 e. The van der Waals surface area contributed by atoms with Gasteiger partial charge in [-0.2, -0.15) is 0 Å². The summed E-state index contributed by atoms with van der Waals surface area (Å²) in [5, 5.41) is 3.42. The molecule has 3 rings (SSSR count). The molecule has 1 N–H and O–H groups in total. The second-order valence-electron chi connectivity index (χ2n) is 6.40. The van der Waals surface area contributed by atoms with Crippen molar-refractivity contribution in [1.29, 1.82) is 0 Å². The minimum Gasteiger partial charge on any atom is -0.369 e. The van der Waals surface area contributed by atoms with Gasteiger partial charge in [0.2, 0.25) is 0 Å². The third-order valence-electron chi connectivity index (χ3n) is 4.61. The summed E-state index contributed by atoms with van der Waals surface area (Å²) in [4.78, 5) is 17.1. The van der Waals surface area contributed by atoms with E-state index in [1.807, 2.05) is 6.07 Å². The summed E-state index contributed by atoms with van der Waals surface area (Å²) in [5.74, 6) is -0.114. The molecule has 2 aromatic carbocycles. The topological polar surface area (TPSA) is 35.6 Å². The molecule has 1 aliphatic heterocycles. The van der Waals surface area contributed by atoms with Crippen molar-refractivity contribution in [3.8, 4) is 0 Å². The van der Waals surface area contributed by atoms with E-state index < -0.39 is 0 Å². The Morgan fingerprint density at radius 3 is 2.50 bits per heavy atom. The van der Waals surface area contributed by atoms with Crippen LogP contribution in [0.15, 0.2) is 53.0 Å². The van der Waals surface area contributed by atoms with Crippen molar-refractivity contribution < 1.29 is 4.79 Å². The predicted molar refractivity (Wildman–Crippen MR) is 111 cm³/mol. The zero-order valence-corrected chi connectivity index (χ0v) is 17.0. The highest BCUT2D eigenvalue weighted by Gasteiger charge is 2.16. The molecule has 0 bridgehead atoms. The van der Waals surface area contributed by atoms with Gasteiger partial charge in [0.1, 0.15) is 0 Å². The number of halogens is 2. The average molecular weight is 437 g/mol. The zero-order valence-electron chi connectivity index (χ0n) is 14.6. The molecule has 1 amide bonds. The number of para-hydroxylation sites is 1. The summed E-state index contributed by atoms with van der Waals surface area (Å²) < 4.78 is 0.869. The Bertz CT molecular complexity index is 733. The van der Waals surface area contributed by atoms with Crippen molar-refractivity contribution in [2.45, 2.75) is 6.42 Å². The van der Waals surface area contributed by atoms with Gasteiger partial charge >= 0.3 is 0 Å². The molecule has 0 atom stereocenters. The van der Waals surface area contributed by atoms with E-state index in [-0.39, 0.29) is 5.91 Å². The van der Waals surface area contributed by atoms with Crippen molar-refractivity contribution in [1.82, 2.24) is 10.2 Å². The Hall–Kier alpha value is -1.56. The lowest BCUT2D eigenvalue weighted by Gasteiger charge is -2.36. The van der Waals surface area contributed by atoms with Gasteiger partial charge in [-0.05, 0) is 43.3 Å². The van der Waals surface area contributed by atoms with E-state index in [4.69, 9.17) is 11.6 Å². The van der Waals surface area contributed by atoms with E-state index in [0.29, 0.717) is 17.1 Å². The molecular weight excluding hydrogens is 414 g/mol. The maximum Gasteiger partial charge on any atom is 0.252 e. The van der Waals surface area contributed by atoms with Crippen LogP contribution in [0.5, 0.6) is 0 Å². The number of amides is 1. The van der Waals surface area contributed by atoms with Crippen LogP contribution in [-0.2, 0) is 0 Å². The molecule has 0 radical (unpaired) electrons. The Labute approximate surface area is 168 Å². The quantitative estimate of drug-likeness (QED) is 0.694. The fourth-order valence-electron chi connectivity index (χ4n) is 3.14. The van der Waals surface area contributed by atoms with Crippen LogP contribution in [0.4, 0.5) is 5.69 Å². The number of carbonyl (C=O) groups excluding carboxylic acids is 1. The molecule has 0 saturated carbocycles. The first-order valence-electron chi connectivity index (χ1n) is 8.89. The van der Waals surface area contributed by atoms with Crippen molar-refractivity contribution in [2.24, 2.45) is 0 Å². The molecule has 6 heteroatoms. The first-order chi connectivity index (χ1) is 12.6. The van der Waals surface area contributed by atoms with Crippen LogP contribution in [0.1, 0.15) is 16.8 Å². The fraction of sp³-hybridized carbons (Fsp3) is 0.350. The number of nitrogens with zero attached hydrogens (tertiary/aromatic N) is 2. The first-order valence-corrected chi connectivity index (χ1v) is 10.1. The molecule has 0 aromatic heterocycles. The maximum atomic E-state index is 12.2. The van der Waals surface area contributed by atoms with Gasteiger partial charge in [-0.15, -0.1) is 0 Å². The van der Waals surface area contributed by atoms with Gasteiger partial charge in [0.25, 0.3) is 5.91 Å².